The van der Waals surface area contributed by atoms with E-state index in [-0.39, 0.29) is 44.5 Å². The van der Waals surface area contributed by atoms with Crippen LogP contribution in [0.2, 0.25) is 0 Å². The van der Waals surface area contributed by atoms with Gasteiger partial charge in [0.25, 0.3) is 7.12 Å². The summed E-state index contributed by atoms with van der Waals surface area (Å²) in [7, 11) is -0.382. The van der Waals surface area contributed by atoms with Crippen molar-refractivity contribution in [1.29, 1.82) is 0 Å². The van der Waals surface area contributed by atoms with E-state index in [4.69, 9.17) is 20.9 Å². The number of halogens is 1. The SMILES string of the molecule is C1CCCC1.C1CCCC1.[CH2-]CC(=[C-]B1OC(C)(C)C(C)(C)O1)CCCCl.[Zr+4]. The molecule has 158 valence electrons. The van der Waals surface area contributed by atoms with Crippen molar-refractivity contribution in [2.45, 2.75) is 122 Å². The van der Waals surface area contributed by atoms with Gasteiger partial charge in [0.05, 0.1) is 11.2 Å². The number of alkyl halides is 1. The van der Waals surface area contributed by atoms with Crippen molar-refractivity contribution in [3.05, 3.63) is 18.5 Å². The van der Waals surface area contributed by atoms with Crippen molar-refractivity contribution >= 4 is 18.7 Å². The average molecular weight is 488 g/mol. The van der Waals surface area contributed by atoms with E-state index in [9.17, 15) is 0 Å². The molecule has 0 radical (unpaired) electrons. The van der Waals surface area contributed by atoms with E-state index in [0.29, 0.717) is 5.88 Å². The molecule has 0 bridgehead atoms. The molecule has 1 saturated heterocycles. The summed E-state index contributed by atoms with van der Waals surface area (Å²) in [5.41, 5.74) is 0.525. The zero-order valence-electron chi connectivity index (χ0n) is 18.9. The largest absolute Gasteiger partial charge is 4.00 e. The summed E-state index contributed by atoms with van der Waals surface area (Å²) in [5.74, 6) is 3.92. The molecule has 3 fully saturated rings. The molecule has 0 aromatic carbocycles. The fraction of sp³-hybridized carbons (Fsp3) is 0.870. The minimum atomic E-state index is -0.382. The molecule has 5 heteroatoms. The molecule has 3 rings (SSSR count). The van der Waals surface area contributed by atoms with E-state index >= 15 is 0 Å². The van der Waals surface area contributed by atoms with Crippen LogP contribution in [0.5, 0.6) is 0 Å². The zero-order chi connectivity index (χ0) is 20.2. The Balaban J connectivity index is 0.000000535. The van der Waals surface area contributed by atoms with Gasteiger partial charge in [-0.1, -0.05) is 70.6 Å². The molecule has 0 N–H and O–H groups in total. The maximum Gasteiger partial charge on any atom is 4.00 e. The van der Waals surface area contributed by atoms with Crippen LogP contribution in [0.25, 0.3) is 0 Å². The predicted octanol–water partition coefficient (Wildman–Crippen LogP) is 7.49. The predicted molar refractivity (Wildman–Crippen MR) is 119 cm³/mol. The number of rotatable bonds is 5. The van der Waals surface area contributed by atoms with Crippen molar-refractivity contribution in [2.75, 3.05) is 5.88 Å². The standard InChI is InChI=1S/C13H22BClO2.2C5H10.Zr/c1-6-11(8-7-9-15)10-14-16-12(2,3)13(4,5)17-14;2*1-2-4-5-3-1;/h1,6-9H2,2-5H3;2*1-5H2;/q-2;;;+4. The van der Waals surface area contributed by atoms with Crippen LogP contribution in [0.3, 0.4) is 0 Å². The Morgan fingerprint density at radius 1 is 0.857 bits per heavy atom. The van der Waals surface area contributed by atoms with Crippen molar-refractivity contribution in [2.24, 2.45) is 0 Å². The summed E-state index contributed by atoms with van der Waals surface area (Å²) >= 11 is 5.69. The molecular formula is C23H42BClO2Zr+2. The van der Waals surface area contributed by atoms with Crippen LogP contribution in [-0.2, 0) is 35.5 Å². The Hall–Kier alpha value is 0.898. The first kappa shape index (κ1) is 28.9. The Labute approximate surface area is 200 Å². The van der Waals surface area contributed by atoms with Gasteiger partial charge in [0.15, 0.2) is 0 Å². The number of hydrogen-bond donors (Lipinski definition) is 0. The fourth-order valence-corrected chi connectivity index (χ4v) is 3.52. The van der Waals surface area contributed by atoms with Gasteiger partial charge in [0.1, 0.15) is 0 Å². The van der Waals surface area contributed by atoms with Crippen LogP contribution in [-0.4, -0.2) is 24.2 Å². The van der Waals surface area contributed by atoms with Crippen molar-refractivity contribution < 1.29 is 35.5 Å². The minimum Gasteiger partial charge on any atom is -0.465 e. The van der Waals surface area contributed by atoms with Gasteiger partial charge in [0.2, 0.25) is 0 Å². The topological polar surface area (TPSA) is 18.5 Å². The van der Waals surface area contributed by atoms with E-state index in [1.165, 1.54) is 64.2 Å². The molecule has 3 aliphatic rings. The normalized spacial score (nSPS) is 22.6. The first-order valence-corrected chi connectivity index (χ1v) is 11.7. The first-order chi connectivity index (χ1) is 12.8. The van der Waals surface area contributed by atoms with Crippen LogP contribution in [0, 0.1) is 12.9 Å². The van der Waals surface area contributed by atoms with Crippen LogP contribution >= 0.6 is 11.6 Å². The smallest absolute Gasteiger partial charge is 0.465 e. The van der Waals surface area contributed by atoms with Gasteiger partial charge in [-0.15, -0.1) is 11.6 Å². The van der Waals surface area contributed by atoms with E-state index in [1.807, 2.05) is 27.7 Å². The zero-order valence-corrected chi connectivity index (χ0v) is 22.1. The molecule has 2 aliphatic carbocycles. The maximum absolute atomic E-state index is 5.86. The van der Waals surface area contributed by atoms with Gasteiger partial charge in [-0.3, -0.25) is 5.57 Å². The summed E-state index contributed by atoms with van der Waals surface area (Å²) < 4.78 is 11.7. The van der Waals surface area contributed by atoms with Crippen molar-refractivity contribution in [1.82, 2.24) is 0 Å². The fourth-order valence-electron chi connectivity index (χ4n) is 3.39. The van der Waals surface area contributed by atoms with Crippen LogP contribution < -0.4 is 0 Å². The molecule has 2 saturated carbocycles. The molecule has 28 heavy (non-hydrogen) atoms. The van der Waals surface area contributed by atoms with Crippen molar-refractivity contribution in [3.8, 4) is 0 Å². The second-order valence-electron chi connectivity index (χ2n) is 8.91. The van der Waals surface area contributed by atoms with E-state index < -0.39 is 0 Å². The maximum atomic E-state index is 5.86. The summed E-state index contributed by atoms with van der Waals surface area (Å²) in [4.78, 5) is 0. The molecule has 1 aliphatic heterocycles. The van der Waals surface area contributed by atoms with Crippen LogP contribution in [0.15, 0.2) is 5.57 Å². The Kier molecular flexibility index (Phi) is 16.2. The van der Waals surface area contributed by atoms with Gasteiger partial charge in [-0.05, 0) is 34.1 Å². The second kappa shape index (κ2) is 15.7. The van der Waals surface area contributed by atoms with Crippen LogP contribution in [0.4, 0.5) is 0 Å². The van der Waals surface area contributed by atoms with Crippen LogP contribution in [0.1, 0.15) is 111 Å². The van der Waals surface area contributed by atoms with Gasteiger partial charge in [-0.2, -0.15) is 6.42 Å². The molecule has 0 spiro atoms. The number of hydrogen-bond acceptors (Lipinski definition) is 2. The molecule has 0 aromatic heterocycles. The third-order valence-corrected chi connectivity index (χ3v) is 6.26. The van der Waals surface area contributed by atoms with Crippen molar-refractivity contribution in [3.63, 3.8) is 0 Å². The molecule has 1 heterocycles. The van der Waals surface area contributed by atoms with Gasteiger partial charge in [-0.25, -0.2) is 0 Å². The molecular weight excluding hydrogens is 446 g/mol. The number of allylic oxidation sites excluding steroid dienone is 1. The Morgan fingerprint density at radius 3 is 1.50 bits per heavy atom. The molecule has 0 unspecified atom stereocenters. The average Bonchev–Trinajstić information content (AvgIpc) is 3.37. The quantitative estimate of drug-likeness (QED) is 0.227. The third-order valence-electron chi connectivity index (χ3n) is 5.99. The van der Waals surface area contributed by atoms with E-state index in [1.54, 1.807) is 0 Å². The Bertz CT molecular complexity index is 378. The molecule has 0 amide bonds. The molecule has 0 aromatic rings. The summed E-state index contributed by atoms with van der Waals surface area (Å²) in [6.07, 6.45) is 17.6. The molecule has 0 atom stereocenters. The van der Waals surface area contributed by atoms with Gasteiger partial charge >= 0.3 is 26.2 Å². The van der Waals surface area contributed by atoms with E-state index in [0.717, 1.165) is 24.8 Å². The summed E-state index contributed by atoms with van der Waals surface area (Å²) in [6.45, 7) is 12.1. The summed E-state index contributed by atoms with van der Waals surface area (Å²) in [6, 6.07) is 0. The van der Waals surface area contributed by atoms with Gasteiger partial charge < -0.3 is 22.2 Å². The van der Waals surface area contributed by atoms with Gasteiger partial charge in [0, 0.05) is 5.88 Å². The Morgan fingerprint density at radius 2 is 1.21 bits per heavy atom. The van der Waals surface area contributed by atoms with E-state index in [2.05, 4.69) is 12.9 Å². The second-order valence-corrected chi connectivity index (χ2v) is 9.29. The first-order valence-electron chi connectivity index (χ1n) is 11.1. The minimum absolute atomic E-state index is 0. The third kappa shape index (κ3) is 11.3. The molecule has 2 nitrogen and oxygen atoms in total. The summed E-state index contributed by atoms with van der Waals surface area (Å²) in [5, 5.41) is 0. The monoisotopic (exact) mass is 486 g/mol.